The van der Waals surface area contributed by atoms with E-state index in [0.29, 0.717) is 12.6 Å². The van der Waals surface area contributed by atoms with Gasteiger partial charge in [-0.1, -0.05) is 18.2 Å². The molecule has 0 saturated carbocycles. The van der Waals surface area contributed by atoms with E-state index in [0.717, 1.165) is 19.3 Å². The topological polar surface area (TPSA) is 60.5 Å². The lowest BCUT2D eigenvalue weighted by Crippen LogP contribution is -2.35. The Morgan fingerprint density at radius 1 is 1.27 bits per heavy atom. The summed E-state index contributed by atoms with van der Waals surface area (Å²) in [5.41, 5.74) is 12.0. The van der Waals surface area contributed by atoms with Gasteiger partial charge in [0, 0.05) is 24.4 Å². The molecule has 0 fully saturated rings. The zero-order valence-electron chi connectivity index (χ0n) is 12.7. The highest BCUT2D eigenvalue weighted by molar-refractivity contribution is 5.74. The molecule has 1 aromatic carbocycles. The van der Waals surface area contributed by atoms with Crippen LogP contribution in [0.5, 0.6) is 0 Å². The Labute approximate surface area is 130 Å². The van der Waals surface area contributed by atoms with Gasteiger partial charge in [0.2, 0.25) is 0 Å². The Morgan fingerprint density at radius 2 is 2.18 bits per heavy atom. The van der Waals surface area contributed by atoms with Crippen LogP contribution >= 0.6 is 0 Å². The van der Waals surface area contributed by atoms with Crippen molar-refractivity contribution < 1.29 is 4.74 Å². The van der Waals surface area contributed by atoms with Gasteiger partial charge < -0.3 is 10.5 Å². The number of amidine groups is 1. The first-order chi connectivity index (χ1) is 10.7. The molecule has 4 heteroatoms. The van der Waals surface area contributed by atoms with Gasteiger partial charge in [0.05, 0.1) is 0 Å². The van der Waals surface area contributed by atoms with Gasteiger partial charge in [-0.15, -0.1) is 0 Å². The maximum atomic E-state index is 5.72. The summed E-state index contributed by atoms with van der Waals surface area (Å²) < 4.78 is 5.41. The molecular weight excluding hydrogens is 274 g/mol. The quantitative estimate of drug-likeness (QED) is 0.879. The third-order valence-corrected chi connectivity index (χ3v) is 4.65. The van der Waals surface area contributed by atoms with Crippen LogP contribution in [0.1, 0.15) is 23.1 Å². The number of nitrogens with two attached hydrogens (primary N) is 1. The van der Waals surface area contributed by atoms with Gasteiger partial charge in [-0.2, -0.15) is 0 Å². The van der Waals surface area contributed by atoms with Crippen molar-refractivity contribution >= 4 is 6.02 Å². The predicted octanol–water partition coefficient (Wildman–Crippen LogP) is 2.63. The lowest BCUT2D eigenvalue weighted by molar-refractivity contribution is 0.235. The maximum Gasteiger partial charge on any atom is 0.282 e. The first-order valence-corrected chi connectivity index (χ1v) is 7.66. The summed E-state index contributed by atoms with van der Waals surface area (Å²) in [5, 5.41) is 0. The van der Waals surface area contributed by atoms with E-state index in [9.17, 15) is 0 Å². The zero-order valence-corrected chi connectivity index (χ0v) is 12.7. The highest BCUT2D eigenvalue weighted by Gasteiger charge is 2.39. The van der Waals surface area contributed by atoms with Crippen molar-refractivity contribution in [3.05, 3.63) is 53.3 Å². The van der Waals surface area contributed by atoms with Crippen molar-refractivity contribution in [3.63, 3.8) is 0 Å². The molecule has 1 spiro atoms. The number of aryl methyl sites for hydroxylation is 1. The van der Waals surface area contributed by atoms with Crippen molar-refractivity contribution in [3.8, 4) is 11.1 Å². The van der Waals surface area contributed by atoms with E-state index in [1.54, 1.807) is 0 Å². The predicted molar refractivity (Wildman–Crippen MR) is 86.7 cm³/mol. The lowest BCUT2D eigenvalue weighted by atomic mass is 9.77. The fraction of sp³-hybridized carbons (Fsp3) is 0.333. The van der Waals surface area contributed by atoms with Gasteiger partial charge in [-0.25, -0.2) is 4.99 Å². The molecule has 1 atom stereocenters. The number of aromatic nitrogens is 1. The maximum absolute atomic E-state index is 5.72. The fourth-order valence-electron chi connectivity index (χ4n) is 3.59. The fourth-order valence-corrected chi connectivity index (χ4v) is 3.59. The van der Waals surface area contributed by atoms with E-state index in [-0.39, 0.29) is 5.54 Å². The monoisotopic (exact) mass is 293 g/mol. The molecule has 0 radical (unpaired) electrons. The third-order valence-electron chi connectivity index (χ3n) is 4.65. The number of hydrogen-bond donors (Lipinski definition) is 1. The number of ether oxygens (including phenoxy) is 1. The number of rotatable bonds is 1. The average Bonchev–Trinajstić information content (AvgIpc) is 2.87. The molecule has 0 bridgehead atoms. The molecule has 1 aliphatic carbocycles. The van der Waals surface area contributed by atoms with Crippen LogP contribution in [0.15, 0.2) is 41.7 Å². The number of fused-ring (bicyclic) bond motifs is 1. The molecule has 0 unspecified atom stereocenters. The van der Waals surface area contributed by atoms with Gasteiger partial charge in [-0.3, -0.25) is 4.98 Å². The Bertz CT molecular complexity index is 769. The molecule has 4 nitrogen and oxygen atoms in total. The Morgan fingerprint density at radius 3 is 2.95 bits per heavy atom. The smallest absolute Gasteiger partial charge is 0.282 e. The summed E-state index contributed by atoms with van der Waals surface area (Å²) in [7, 11) is 0. The summed E-state index contributed by atoms with van der Waals surface area (Å²) in [6.07, 6.45) is 6.72. The Hall–Kier alpha value is -2.36. The lowest BCUT2D eigenvalue weighted by Gasteiger charge is -2.31. The highest BCUT2D eigenvalue weighted by Crippen LogP contribution is 2.38. The minimum atomic E-state index is -0.152. The highest BCUT2D eigenvalue weighted by atomic mass is 16.5. The number of aliphatic imine (C=N–C) groups is 1. The van der Waals surface area contributed by atoms with Crippen molar-refractivity contribution in [2.45, 2.75) is 31.7 Å². The van der Waals surface area contributed by atoms with E-state index in [1.165, 1.54) is 27.8 Å². The first kappa shape index (κ1) is 13.3. The Balaban J connectivity index is 1.76. The second-order valence-corrected chi connectivity index (χ2v) is 6.33. The second-order valence-electron chi connectivity index (χ2n) is 6.33. The molecule has 0 amide bonds. The van der Waals surface area contributed by atoms with E-state index < -0.39 is 0 Å². The average molecular weight is 293 g/mol. The summed E-state index contributed by atoms with van der Waals surface area (Å²) in [5.74, 6) is 0. The number of nitrogens with zero attached hydrogens (tertiary/aromatic N) is 2. The third kappa shape index (κ3) is 2.15. The normalized spacial score (nSPS) is 23.0. The second kappa shape index (κ2) is 4.83. The van der Waals surface area contributed by atoms with Gasteiger partial charge in [-0.05, 0) is 48.1 Å². The molecule has 1 aliphatic heterocycles. The van der Waals surface area contributed by atoms with Crippen LogP contribution in [-0.2, 0) is 17.6 Å². The van der Waals surface area contributed by atoms with Crippen LogP contribution in [0.25, 0.3) is 11.1 Å². The molecule has 4 rings (SSSR count). The standard InChI is InChI=1S/C18H19N3O/c1-12-7-14(10-20-9-12)15-4-2-3-13-8-18(6-5-16(13)15)11-22-17(19)21-18/h2-4,7,9-10H,5-6,8,11H2,1H3,(H2,19,21)/t18-/m0/s1. The Kier molecular flexibility index (Phi) is 2.93. The van der Waals surface area contributed by atoms with Crippen LogP contribution in [0.2, 0.25) is 0 Å². The number of benzene rings is 1. The van der Waals surface area contributed by atoms with Gasteiger partial charge in [0.25, 0.3) is 6.02 Å². The van der Waals surface area contributed by atoms with Gasteiger partial charge >= 0.3 is 0 Å². The minimum Gasteiger partial charge on any atom is -0.463 e. The zero-order chi connectivity index (χ0) is 15.2. The summed E-state index contributed by atoms with van der Waals surface area (Å²) in [6, 6.07) is 9.05. The molecular formula is C18H19N3O. The SMILES string of the molecule is Cc1cncc(-c2cccc3c2CC[C@@]2(COC(N)=N2)C3)c1. The van der Waals surface area contributed by atoms with Crippen molar-refractivity contribution in [2.75, 3.05) is 6.61 Å². The number of hydrogen-bond acceptors (Lipinski definition) is 4. The van der Waals surface area contributed by atoms with Gasteiger partial charge in [0.15, 0.2) is 0 Å². The van der Waals surface area contributed by atoms with Gasteiger partial charge in [0.1, 0.15) is 12.1 Å². The van der Waals surface area contributed by atoms with E-state index >= 15 is 0 Å². The van der Waals surface area contributed by atoms with E-state index in [2.05, 4.69) is 41.2 Å². The van der Waals surface area contributed by atoms with Crippen LogP contribution in [0.4, 0.5) is 0 Å². The first-order valence-electron chi connectivity index (χ1n) is 7.66. The largest absolute Gasteiger partial charge is 0.463 e. The van der Waals surface area contributed by atoms with Crippen LogP contribution in [0.3, 0.4) is 0 Å². The van der Waals surface area contributed by atoms with Crippen molar-refractivity contribution in [1.29, 1.82) is 0 Å². The van der Waals surface area contributed by atoms with Crippen molar-refractivity contribution in [2.24, 2.45) is 10.7 Å². The molecule has 22 heavy (non-hydrogen) atoms. The molecule has 112 valence electrons. The minimum absolute atomic E-state index is 0.152. The van der Waals surface area contributed by atoms with E-state index in [1.807, 2.05) is 12.4 Å². The molecule has 0 saturated heterocycles. The molecule has 1 aromatic heterocycles. The van der Waals surface area contributed by atoms with Crippen molar-refractivity contribution in [1.82, 2.24) is 4.98 Å². The molecule has 2 aromatic rings. The van der Waals surface area contributed by atoms with Crippen LogP contribution < -0.4 is 5.73 Å². The van der Waals surface area contributed by atoms with Crippen LogP contribution in [-0.4, -0.2) is 23.2 Å². The molecule has 2 aliphatic rings. The van der Waals surface area contributed by atoms with Crippen LogP contribution in [0, 0.1) is 6.92 Å². The summed E-state index contributed by atoms with van der Waals surface area (Å²) >= 11 is 0. The number of pyridine rings is 1. The molecule has 2 N–H and O–H groups in total. The molecule has 2 heterocycles. The summed E-state index contributed by atoms with van der Waals surface area (Å²) in [6.45, 7) is 2.68. The van der Waals surface area contributed by atoms with E-state index in [4.69, 9.17) is 10.5 Å². The summed E-state index contributed by atoms with van der Waals surface area (Å²) in [4.78, 5) is 8.89.